The number of carboxylic acids is 1. The Morgan fingerprint density at radius 1 is 1.56 bits per heavy atom. The second-order valence-corrected chi connectivity index (χ2v) is 4.60. The Kier molecular flexibility index (Phi) is 5.34. The van der Waals surface area contributed by atoms with Gasteiger partial charge in [-0.25, -0.2) is 0 Å². The number of hydrogen-bond acceptors (Lipinski definition) is 3. The highest BCUT2D eigenvalue weighted by atomic mass is 16.4. The second kappa shape index (κ2) is 6.54. The van der Waals surface area contributed by atoms with Crippen LogP contribution in [0.5, 0.6) is 0 Å². The third kappa shape index (κ3) is 3.84. The van der Waals surface area contributed by atoms with E-state index in [2.05, 4.69) is 29.9 Å². The van der Waals surface area contributed by atoms with Crippen molar-refractivity contribution in [3.05, 3.63) is 17.5 Å². The van der Waals surface area contributed by atoms with Gasteiger partial charge >= 0.3 is 5.97 Å². The fourth-order valence-corrected chi connectivity index (χ4v) is 2.17. The topological polar surface area (TPSA) is 58.4 Å². The summed E-state index contributed by atoms with van der Waals surface area (Å²) >= 11 is 0. The van der Waals surface area contributed by atoms with E-state index in [0.29, 0.717) is 0 Å². The van der Waals surface area contributed by atoms with Gasteiger partial charge in [-0.2, -0.15) is 5.10 Å². The highest BCUT2D eigenvalue weighted by Crippen LogP contribution is 2.12. The summed E-state index contributed by atoms with van der Waals surface area (Å²) in [4.78, 5) is 12.9. The van der Waals surface area contributed by atoms with Crippen LogP contribution < -0.4 is 0 Å². The van der Waals surface area contributed by atoms with Gasteiger partial charge in [0.1, 0.15) is 0 Å². The molecule has 0 amide bonds. The Labute approximate surface area is 108 Å². The standard InChI is InChI=1S/C13H23N3O2/c1-5-15(11(4)8-13(17)18)9-12-7-10(3)14-16(12)6-2/h7,11H,5-6,8-9H2,1-4H3,(H,17,18). The monoisotopic (exact) mass is 253 g/mol. The summed E-state index contributed by atoms with van der Waals surface area (Å²) < 4.78 is 1.98. The summed E-state index contributed by atoms with van der Waals surface area (Å²) in [6, 6.07) is 2.10. The van der Waals surface area contributed by atoms with Gasteiger partial charge in [0.2, 0.25) is 0 Å². The van der Waals surface area contributed by atoms with Crippen molar-refractivity contribution in [3.8, 4) is 0 Å². The molecule has 1 unspecified atom stereocenters. The van der Waals surface area contributed by atoms with E-state index in [1.165, 1.54) is 0 Å². The molecule has 0 aliphatic carbocycles. The predicted octanol–water partition coefficient (Wildman–Crippen LogP) is 1.90. The van der Waals surface area contributed by atoms with Crippen molar-refractivity contribution in [2.24, 2.45) is 0 Å². The van der Waals surface area contributed by atoms with Crippen LogP contribution in [-0.2, 0) is 17.9 Å². The van der Waals surface area contributed by atoms with Gasteiger partial charge in [0.05, 0.1) is 17.8 Å². The number of aromatic nitrogens is 2. The Balaban J connectivity index is 2.75. The van der Waals surface area contributed by atoms with Crippen LogP contribution in [0.4, 0.5) is 0 Å². The van der Waals surface area contributed by atoms with E-state index in [-0.39, 0.29) is 12.5 Å². The lowest BCUT2D eigenvalue weighted by Crippen LogP contribution is -2.34. The predicted molar refractivity (Wildman–Crippen MR) is 70.4 cm³/mol. The molecule has 0 saturated carbocycles. The molecule has 0 aliphatic rings. The lowest BCUT2D eigenvalue weighted by atomic mass is 10.2. The lowest BCUT2D eigenvalue weighted by molar-refractivity contribution is -0.138. The first-order valence-electron chi connectivity index (χ1n) is 6.47. The highest BCUT2D eigenvalue weighted by molar-refractivity contribution is 5.67. The molecule has 1 heterocycles. The largest absolute Gasteiger partial charge is 0.481 e. The molecular formula is C13H23N3O2. The van der Waals surface area contributed by atoms with E-state index in [1.807, 2.05) is 18.5 Å². The van der Waals surface area contributed by atoms with E-state index >= 15 is 0 Å². The van der Waals surface area contributed by atoms with E-state index in [1.54, 1.807) is 0 Å². The highest BCUT2D eigenvalue weighted by Gasteiger charge is 2.17. The summed E-state index contributed by atoms with van der Waals surface area (Å²) in [5, 5.41) is 13.3. The zero-order valence-corrected chi connectivity index (χ0v) is 11.7. The molecule has 0 radical (unpaired) electrons. The van der Waals surface area contributed by atoms with Crippen LogP contribution >= 0.6 is 0 Å². The quantitative estimate of drug-likeness (QED) is 0.806. The Hall–Kier alpha value is -1.36. The van der Waals surface area contributed by atoms with Crippen LogP contribution in [-0.4, -0.2) is 38.3 Å². The summed E-state index contributed by atoms with van der Waals surface area (Å²) in [7, 11) is 0. The molecule has 0 aliphatic heterocycles. The fraction of sp³-hybridized carbons (Fsp3) is 0.692. The number of rotatable bonds is 7. The van der Waals surface area contributed by atoms with E-state index in [0.717, 1.165) is 31.0 Å². The van der Waals surface area contributed by atoms with E-state index in [4.69, 9.17) is 5.11 Å². The van der Waals surface area contributed by atoms with Crippen LogP contribution in [0.25, 0.3) is 0 Å². The maximum atomic E-state index is 10.8. The normalized spacial score (nSPS) is 12.9. The number of carbonyl (C=O) groups is 1. The molecule has 18 heavy (non-hydrogen) atoms. The van der Waals surface area contributed by atoms with Gasteiger partial charge in [-0.05, 0) is 33.4 Å². The van der Waals surface area contributed by atoms with Crippen molar-refractivity contribution in [2.45, 2.75) is 53.2 Å². The molecule has 1 aromatic heterocycles. The molecule has 1 N–H and O–H groups in total. The zero-order valence-electron chi connectivity index (χ0n) is 11.7. The van der Waals surface area contributed by atoms with Crippen LogP contribution in [0.1, 0.15) is 38.6 Å². The second-order valence-electron chi connectivity index (χ2n) is 4.60. The van der Waals surface area contributed by atoms with E-state index < -0.39 is 5.97 Å². The molecule has 0 spiro atoms. The minimum Gasteiger partial charge on any atom is -0.481 e. The molecule has 0 aromatic carbocycles. The van der Waals surface area contributed by atoms with Crippen molar-refractivity contribution < 1.29 is 9.90 Å². The average molecular weight is 253 g/mol. The van der Waals surface area contributed by atoms with Crippen molar-refractivity contribution >= 4 is 5.97 Å². The molecule has 0 fully saturated rings. The van der Waals surface area contributed by atoms with Gasteiger partial charge in [-0.1, -0.05) is 6.92 Å². The van der Waals surface area contributed by atoms with Crippen molar-refractivity contribution in [3.63, 3.8) is 0 Å². The zero-order chi connectivity index (χ0) is 13.7. The van der Waals surface area contributed by atoms with Gasteiger partial charge in [0.25, 0.3) is 0 Å². The number of aliphatic carboxylic acids is 1. The molecular weight excluding hydrogens is 230 g/mol. The lowest BCUT2D eigenvalue weighted by Gasteiger charge is -2.26. The summed E-state index contributed by atoms with van der Waals surface area (Å²) in [5.41, 5.74) is 2.16. The molecule has 1 atom stereocenters. The smallest absolute Gasteiger partial charge is 0.304 e. The number of carboxylic acid groups (broad SMARTS) is 1. The number of hydrogen-bond donors (Lipinski definition) is 1. The van der Waals surface area contributed by atoms with Crippen LogP contribution in [0.15, 0.2) is 6.07 Å². The Morgan fingerprint density at radius 2 is 2.22 bits per heavy atom. The van der Waals surface area contributed by atoms with Gasteiger partial charge in [0.15, 0.2) is 0 Å². The Bertz CT molecular complexity index is 401. The molecule has 5 heteroatoms. The number of aryl methyl sites for hydroxylation is 2. The van der Waals surface area contributed by atoms with Gasteiger partial charge in [-0.3, -0.25) is 14.4 Å². The summed E-state index contributed by atoms with van der Waals surface area (Å²) in [6.45, 7) is 10.5. The van der Waals surface area contributed by atoms with Crippen molar-refractivity contribution in [1.82, 2.24) is 14.7 Å². The molecule has 1 rings (SSSR count). The molecule has 0 bridgehead atoms. The summed E-state index contributed by atoms with van der Waals surface area (Å²) in [6.07, 6.45) is 0.174. The third-order valence-corrected chi connectivity index (χ3v) is 3.15. The van der Waals surface area contributed by atoms with Crippen LogP contribution in [0.2, 0.25) is 0 Å². The van der Waals surface area contributed by atoms with Crippen LogP contribution in [0, 0.1) is 6.92 Å². The van der Waals surface area contributed by atoms with Gasteiger partial charge < -0.3 is 5.11 Å². The van der Waals surface area contributed by atoms with Gasteiger partial charge in [0, 0.05) is 19.1 Å². The maximum absolute atomic E-state index is 10.8. The maximum Gasteiger partial charge on any atom is 0.304 e. The van der Waals surface area contributed by atoms with Crippen molar-refractivity contribution in [1.29, 1.82) is 0 Å². The molecule has 5 nitrogen and oxygen atoms in total. The molecule has 0 saturated heterocycles. The van der Waals surface area contributed by atoms with Crippen LogP contribution in [0.3, 0.4) is 0 Å². The summed E-state index contributed by atoms with van der Waals surface area (Å²) in [5.74, 6) is -0.749. The molecule has 1 aromatic rings. The minimum absolute atomic E-state index is 0.0352. The van der Waals surface area contributed by atoms with Crippen molar-refractivity contribution in [2.75, 3.05) is 6.54 Å². The van der Waals surface area contributed by atoms with Gasteiger partial charge in [-0.15, -0.1) is 0 Å². The number of nitrogens with zero attached hydrogens (tertiary/aromatic N) is 3. The first kappa shape index (κ1) is 14.7. The minimum atomic E-state index is -0.749. The average Bonchev–Trinajstić information content (AvgIpc) is 2.65. The first-order valence-corrected chi connectivity index (χ1v) is 6.47. The third-order valence-electron chi connectivity index (χ3n) is 3.15. The first-order chi connectivity index (χ1) is 8.47. The SMILES string of the molecule is CCN(Cc1cc(C)nn1CC)C(C)CC(=O)O. The molecule has 102 valence electrons. The Morgan fingerprint density at radius 3 is 2.72 bits per heavy atom. The van der Waals surface area contributed by atoms with E-state index in [9.17, 15) is 4.79 Å². The fourth-order valence-electron chi connectivity index (χ4n) is 2.17.